The van der Waals surface area contributed by atoms with Crippen molar-refractivity contribution in [2.75, 3.05) is 0 Å². The Morgan fingerprint density at radius 3 is 2.09 bits per heavy atom. The Morgan fingerprint density at radius 2 is 1.45 bits per heavy atom. The predicted octanol–water partition coefficient (Wildman–Crippen LogP) is 4.70. The van der Waals surface area contributed by atoms with E-state index in [4.69, 9.17) is 0 Å². The molecule has 0 heterocycles. The van der Waals surface area contributed by atoms with Gasteiger partial charge in [-0.05, 0) is 63.5 Å². The van der Waals surface area contributed by atoms with Gasteiger partial charge in [0.2, 0.25) is 0 Å². The topological polar surface area (TPSA) is 40.5 Å². The molecule has 1 aliphatic carbocycles. The third-order valence-corrected chi connectivity index (χ3v) is 4.37. The minimum Gasteiger partial charge on any atom is -0.386 e. The maximum atomic E-state index is 10.5. The van der Waals surface area contributed by atoms with Crippen molar-refractivity contribution in [1.82, 2.24) is 0 Å². The van der Waals surface area contributed by atoms with Crippen LogP contribution in [0.4, 0.5) is 0 Å². The summed E-state index contributed by atoms with van der Waals surface area (Å²) in [5.41, 5.74) is 4.43. The van der Waals surface area contributed by atoms with E-state index in [1.165, 1.54) is 11.1 Å². The number of rotatable bonds is 1. The highest BCUT2D eigenvalue weighted by molar-refractivity contribution is 5.25. The van der Waals surface area contributed by atoms with Crippen LogP contribution in [0.25, 0.3) is 0 Å². The molecule has 2 N–H and O–H groups in total. The van der Waals surface area contributed by atoms with Crippen molar-refractivity contribution in [2.24, 2.45) is 5.92 Å². The van der Waals surface area contributed by atoms with Crippen LogP contribution in [0.1, 0.15) is 60.3 Å². The molecular formula is C20H32O2. The SMILES string of the molecule is C/C1=C/C=C(/C(C)C)[C@@H](O)[C@H](O)/C(C)=C\CC/C(C)=C/CC1. The Labute approximate surface area is 135 Å². The van der Waals surface area contributed by atoms with Crippen LogP contribution >= 0.6 is 0 Å². The molecule has 0 fully saturated rings. The van der Waals surface area contributed by atoms with E-state index in [1.807, 2.05) is 13.0 Å². The molecule has 22 heavy (non-hydrogen) atoms. The number of aliphatic hydroxyl groups excluding tert-OH is 2. The van der Waals surface area contributed by atoms with Crippen molar-refractivity contribution in [1.29, 1.82) is 0 Å². The zero-order valence-corrected chi connectivity index (χ0v) is 14.8. The molecular weight excluding hydrogens is 272 g/mol. The van der Waals surface area contributed by atoms with E-state index in [0.717, 1.165) is 36.8 Å². The van der Waals surface area contributed by atoms with E-state index in [-0.39, 0.29) is 5.92 Å². The number of aliphatic hydroxyl groups is 2. The maximum absolute atomic E-state index is 10.5. The van der Waals surface area contributed by atoms with E-state index in [1.54, 1.807) is 0 Å². The second-order valence-electron chi connectivity index (χ2n) is 6.80. The molecule has 2 heteroatoms. The molecule has 0 aromatic heterocycles. The van der Waals surface area contributed by atoms with Crippen LogP contribution in [0.3, 0.4) is 0 Å². The molecule has 1 rings (SSSR count). The van der Waals surface area contributed by atoms with Crippen LogP contribution in [0.5, 0.6) is 0 Å². The molecule has 0 bridgehead atoms. The Balaban J connectivity index is 3.13. The van der Waals surface area contributed by atoms with Gasteiger partial charge in [-0.3, -0.25) is 0 Å². The zero-order chi connectivity index (χ0) is 16.7. The molecule has 0 unspecified atom stereocenters. The monoisotopic (exact) mass is 304 g/mol. The summed E-state index contributed by atoms with van der Waals surface area (Å²) in [7, 11) is 0. The maximum Gasteiger partial charge on any atom is 0.105 e. The largest absolute Gasteiger partial charge is 0.386 e. The van der Waals surface area contributed by atoms with Crippen LogP contribution < -0.4 is 0 Å². The van der Waals surface area contributed by atoms with Gasteiger partial charge < -0.3 is 10.2 Å². The normalized spacial score (nSPS) is 35.3. The Kier molecular flexibility index (Phi) is 7.84. The minimum absolute atomic E-state index is 0.205. The Hall–Kier alpha value is -1.12. The van der Waals surface area contributed by atoms with Crippen LogP contribution in [-0.2, 0) is 0 Å². The van der Waals surface area contributed by atoms with Crippen LogP contribution in [0.2, 0.25) is 0 Å². The van der Waals surface area contributed by atoms with Crippen molar-refractivity contribution < 1.29 is 10.2 Å². The first-order chi connectivity index (χ1) is 10.3. The van der Waals surface area contributed by atoms with Gasteiger partial charge in [0.1, 0.15) is 12.2 Å². The standard InChI is InChI=1S/C20H32O2/c1-14(2)18-13-12-16(4)9-6-8-15(3)10-7-11-17(5)19(21)20(18)22/h8,11-14,19-22H,6-7,9-10H2,1-5H3/b15-8+,16-12-,17-11-,18-13-/t19-,20-/m1/s1. The summed E-state index contributed by atoms with van der Waals surface area (Å²) in [5.74, 6) is 0.205. The second-order valence-corrected chi connectivity index (χ2v) is 6.80. The molecule has 0 saturated carbocycles. The first-order valence-corrected chi connectivity index (χ1v) is 8.38. The van der Waals surface area contributed by atoms with Crippen molar-refractivity contribution in [3.05, 3.63) is 46.6 Å². The van der Waals surface area contributed by atoms with Crippen LogP contribution in [0, 0.1) is 5.92 Å². The highest BCUT2D eigenvalue weighted by atomic mass is 16.3. The van der Waals surface area contributed by atoms with E-state index >= 15 is 0 Å². The quantitative estimate of drug-likeness (QED) is 0.689. The van der Waals surface area contributed by atoms with Gasteiger partial charge in [0.05, 0.1) is 0 Å². The fourth-order valence-electron chi connectivity index (χ4n) is 2.68. The lowest BCUT2D eigenvalue weighted by molar-refractivity contribution is 0.0603. The molecule has 0 spiro atoms. The summed E-state index contributed by atoms with van der Waals surface area (Å²) in [6.45, 7) is 10.3. The van der Waals surface area contributed by atoms with E-state index in [0.29, 0.717) is 0 Å². The molecule has 0 aromatic rings. The van der Waals surface area contributed by atoms with Gasteiger partial charge in [-0.25, -0.2) is 0 Å². The molecule has 0 radical (unpaired) electrons. The molecule has 2 nitrogen and oxygen atoms in total. The lowest BCUT2D eigenvalue weighted by atomic mass is 9.90. The third kappa shape index (κ3) is 5.94. The smallest absolute Gasteiger partial charge is 0.105 e. The lowest BCUT2D eigenvalue weighted by Crippen LogP contribution is -2.30. The fraction of sp³-hybridized carbons (Fsp3) is 0.600. The lowest BCUT2D eigenvalue weighted by Gasteiger charge is -2.24. The zero-order valence-electron chi connectivity index (χ0n) is 14.8. The average Bonchev–Trinajstić information content (AvgIpc) is 2.45. The molecule has 124 valence electrons. The van der Waals surface area contributed by atoms with Crippen LogP contribution in [0.15, 0.2) is 46.6 Å². The van der Waals surface area contributed by atoms with Gasteiger partial charge in [-0.15, -0.1) is 0 Å². The summed E-state index contributed by atoms with van der Waals surface area (Å²) in [4.78, 5) is 0. The van der Waals surface area contributed by atoms with Crippen LogP contribution in [-0.4, -0.2) is 22.4 Å². The van der Waals surface area contributed by atoms with Crippen molar-refractivity contribution in [2.45, 2.75) is 72.5 Å². The summed E-state index contributed by atoms with van der Waals surface area (Å²) in [6.07, 6.45) is 10.8. The van der Waals surface area contributed by atoms with Crippen molar-refractivity contribution in [3.8, 4) is 0 Å². The van der Waals surface area contributed by atoms with Gasteiger partial charge in [0.15, 0.2) is 0 Å². The second kappa shape index (κ2) is 9.12. The fourth-order valence-corrected chi connectivity index (χ4v) is 2.68. The van der Waals surface area contributed by atoms with Crippen molar-refractivity contribution >= 4 is 0 Å². The number of allylic oxidation sites excluding steroid dienone is 6. The van der Waals surface area contributed by atoms with Gasteiger partial charge in [0, 0.05) is 0 Å². The summed E-state index contributed by atoms with van der Waals surface area (Å²) in [6, 6.07) is 0. The molecule has 2 atom stereocenters. The van der Waals surface area contributed by atoms with E-state index in [2.05, 4.69) is 45.9 Å². The van der Waals surface area contributed by atoms with Gasteiger partial charge in [0.25, 0.3) is 0 Å². The van der Waals surface area contributed by atoms with Gasteiger partial charge in [-0.2, -0.15) is 0 Å². The molecule has 0 aliphatic heterocycles. The average molecular weight is 304 g/mol. The number of hydrogen-bond donors (Lipinski definition) is 2. The van der Waals surface area contributed by atoms with Gasteiger partial charge in [-0.1, -0.05) is 49.3 Å². The van der Waals surface area contributed by atoms with E-state index in [9.17, 15) is 10.2 Å². The summed E-state index contributed by atoms with van der Waals surface area (Å²) >= 11 is 0. The highest BCUT2D eigenvalue weighted by Gasteiger charge is 2.23. The Morgan fingerprint density at radius 1 is 0.864 bits per heavy atom. The summed E-state index contributed by atoms with van der Waals surface area (Å²) < 4.78 is 0. The van der Waals surface area contributed by atoms with Crippen molar-refractivity contribution in [3.63, 3.8) is 0 Å². The highest BCUT2D eigenvalue weighted by Crippen LogP contribution is 2.22. The predicted molar refractivity (Wildman–Crippen MR) is 94.7 cm³/mol. The molecule has 0 aromatic carbocycles. The first kappa shape index (κ1) is 18.9. The molecule has 0 saturated heterocycles. The van der Waals surface area contributed by atoms with Gasteiger partial charge >= 0.3 is 0 Å². The summed E-state index contributed by atoms with van der Waals surface area (Å²) in [5, 5.41) is 20.9. The third-order valence-electron chi connectivity index (χ3n) is 4.37. The molecule has 1 aliphatic rings. The minimum atomic E-state index is -0.833. The van der Waals surface area contributed by atoms with E-state index < -0.39 is 12.2 Å². The number of hydrogen-bond acceptors (Lipinski definition) is 2. The first-order valence-electron chi connectivity index (χ1n) is 8.38. The Bertz CT molecular complexity index is 478. The molecule has 0 amide bonds.